The Morgan fingerprint density at radius 1 is 1.29 bits per heavy atom. The van der Waals surface area contributed by atoms with Crippen molar-refractivity contribution in [2.75, 3.05) is 6.54 Å². The van der Waals surface area contributed by atoms with Gasteiger partial charge in [-0.25, -0.2) is 0 Å². The Labute approximate surface area is 89.7 Å². The van der Waals surface area contributed by atoms with Crippen LogP contribution in [0.3, 0.4) is 0 Å². The molecule has 0 aliphatic heterocycles. The highest BCUT2D eigenvalue weighted by molar-refractivity contribution is 4.88. The number of hydrogen-bond acceptors (Lipinski definition) is 1. The fourth-order valence-corrected chi connectivity index (χ4v) is 2.34. The molecule has 1 atom stereocenters. The van der Waals surface area contributed by atoms with Gasteiger partial charge in [0.15, 0.2) is 0 Å². The van der Waals surface area contributed by atoms with Crippen molar-refractivity contribution in [3.63, 3.8) is 0 Å². The molecule has 0 spiro atoms. The molecular formula is C13H27N. The van der Waals surface area contributed by atoms with Gasteiger partial charge in [0.2, 0.25) is 0 Å². The lowest BCUT2D eigenvalue weighted by Gasteiger charge is -2.42. The van der Waals surface area contributed by atoms with Gasteiger partial charge in [0, 0.05) is 12.6 Å². The highest BCUT2D eigenvalue weighted by Crippen LogP contribution is 2.43. The molecule has 1 heteroatoms. The van der Waals surface area contributed by atoms with Gasteiger partial charge in [-0.15, -0.1) is 0 Å². The average molecular weight is 197 g/mol. The quantitative estimate of drug-likeness (QED) is 0.655. The van der Waals surface area contributed by atoms with Gasteiger partial charge < -0.3 is 5.32 Å². The van der Waals surface area contributed by atoms with Gasteiger partial charge in [-0.2, -0.15) is 0 Å². The first-order valence-electron chi connectivity index (χ1n) is 6.46. The summed E-state index contributed by atoms with van der Waals surface area (Å²) in [6.45, 7) is 8.20. The van der Waals surface area contributed by atoms with Crippen molar-refractivity contribution < 1.29 is 0 Å². The Balaban J connectivity index is 2.12. The summed E-state index contributed by atoms with van der Waals surface area (Å²) in [6, 6.07) is 0.721. The summed E-state index contributed by atoms with van der Waals surface area (Å²) in [6.07, 6.45) is 9.77. The maximum Gasteiger partial charge on any atom is 0.00389 e. The van der Waals surface area contributed by atoms with Crippen LogP contribution in [0, 0.1) is 5.41 Å². The summed E-state index contributed by atoms with van der Waals surface area (Å²) >= 11 is 0. The standard InChI is InChI=1S/C13H27N/c1-4-6-8-12(3)14-11-13(5-2)9-7-10-13/h12,14H,4-11H2,1-3H3. The van der Waals surface area contributed by atoms with Crippen LogP contribution in [0.1, 0.15) is 65.7 Å². The first-order chi connectivity index (χ1) is 6.72. The van der Waals surface area contributed by atoms with E-state index >= 15 is 0 Å². The minimum absolute atomic E-state index is 0.681. The van der Waals surface area contributed by atoms with E-state index in [0.717, 1.165) is 6.04 Å². The van der Waals surface area contributed by atoms with Crippen molar-refractivity contribution in [3.8, 4) is 0 Å². The third-order valence-electron chi connectivity index (χ3n) is 3.98. The second-order valence-electron chi connectivity index (χ2n) is 5.13. The molecular weight excluding hydrogens is 170 g/mol. The van der Waals surface area contributed by atoms with Crippen molar-refractivity contribution in [3.05, 3.63) is 0 Å². The van der Waals surface area contributed by atoms with Crippen LogP contribution in [-0.2, 0) is 0 Å². The van der Waals surface area contributed by atoms with Crippen LogP contribution >= 0.6 is 0 Å². The smallest absolute Gasteiger partial charge is 0.00389 e. The SMILES string of the molecule is CCCCC(C)NCC1(CC)CCC1. The molecule has 1 nitrogen and oxygen atoms in total. The van der Waals surface area contributed by atoms with Crippen LogP contribution in [0.5, 0.6) is 0 Å². The maximum absolute atomic E-state index is 3.71. The van der Waals surface area contributed by atoms with E-state index in [0.29, 0.717) is 5.41 Å². The van der Waals surface area contributed by atoms with Gasteiger partial charge in [-0.1, -0.05) is 33.1 Å². The zero-order valence-electron chi connectivity index (χ0n) is 10.2. The van der Waals surface area contributed by atoms with E-state index in [1.807, 2.05) is 0 Å². The Bertz CT molecular complexity index is 144. The van der Waals surface area contributed by atoms with E-state index in [1.165, 1.54) is 51.5 Å². The van der Waals surface area contributed by atoms with Crippen LogP contribution in [0.4, 0.5) is 0 Å². The molecule has 0 saturated heterocycles. The second kappa shape index (κ2) is 5.75. The summed E-state index contributed by atoms with van der Waals surface area (Å²) < 4.78 is 0. The molecule has 1 N–H and O–H groups in total. The van der Waals surface area contributed by atoms with Gasteiger partial charge in [-0.05, 0) is 38.0 Å². The molecule has 0 aromatic rings. The Morgan fingerprint density at radius 2 is 2.00 bits per heavy atom. The van der Waals surface area contributed by atoms with E-state index in [9.17, 15) is 0 Å². The molecule has 14 heavy (non-hydrogen) atoms. The van der Waals surface area contributed by atoms with Crippen molar-refractivity contribution in [2.24, 2.45) is 5.41 Å². The zero-order chi connectivity index (χ0) is 10.4. The van der Waals surface area contributed by atoms with Crippen LogP contribution < -0.4 is 5.32 Å². The number of unbranched alkanes of at least 4 members (excludes halogenated alkanes) is 1. The summed E-state index contributed by atoms with van der Waals surface area (Å²) in [5.41, 5.74) is 0.681. The van der Waals surface area contributed by atoms with Gasteiger partial charge in [0.05, 0.1) is 0 Å². The van der Waals surface area contributed by atoms with Gasteiger partial charge >= 0.3 is 0 Å². The molecule has 1 unspecified atom stereocenters. The molecule has 1 aliphatic carbocycles. The molecule has 0 aromatic carbocycles. The molecule has 0 bridgehead atoms. The van der Waals surface area contributed by atoms with Gasteiger partial charge in [-0.3, -0.25) is 0 Å². The van der Waals surface area contributed by atoms with Gasteiger partial charge in [0.1, 0.15) is 0 Å². The Morgan fingerprint density at radius 3 is 2.43 bits per heavy atom. The maximum atomic E-state index is 3.71. The van der Waals surface area contributed by atoms with Crippen molar-refractivity contribution in [1.29, 1.82) is 0 Å². The Hall–Kier alpha value is -0.0400. The molecule has 0 amide bonds. The lowest BCUT2D eigenvalue weighted by atomic mass is 9.67. The fourth-order valence-electron chi connectivity index (χ4n) is 2.34. The zero-order valence-corrected chi connectivity index (χ0v) is 10.2. The van der Waals surface area contributed by atoms with Crippen LogP contribution in [-0.4, -0.2) is 12.6 Å². The summed E-state index contributed by atoms with van der Waals surface area (Å²) in [7, 11) is 0. The molecule has 1 rings (SSSR count). The first-order valence-corrected chi connectivity index (χ1v) is 6.46. The second-order valence-corrected chi connectivity index (χ2v) is 5.13. The third-order valence-corrected chi connectivity index (χ3v) is 3.98. The van der Waals surface area contributed by atoms with Crippen molar-refractivity contribution >= 4 is 0 Å². The molecule has 1 saturated carbocycles. The monoisotopic (exact) mass is 197 g/mol. The first kappa shape index (κ1) is 12.0. The van der Waals surface area contributed by atoms with E-state index in [-0.39, 0.29) is 0 Å². The number of hydrogen-bond donors (Lipinski definition) is 1. The molecule has 0 radical (unpaired) electrons. The van der Waals surface area contributed by atoms with E-state index in [4.69, 9.17) is 0 Å². The van der Waals surface area contributed by atoms with Crippen molar-refractivity contribution in [1.82, 2.24) is 5.32 Å². The van der Waals surface area contributed by atoms with Crippen LogP contribution in [0.25, 0.3) is 0 Å². The van der Waals surface area contributed by atoms with Crippen molar-refractivity contribution in [2.45, 2.75) is 71.8 Å². The predicted octanol–water partition coefficient (Wildman–Crippen LogP) is 3.74. The van der Waals surface area contributed by atoms with E-state index in [1.54, 1.807) is 0 Å². The summed E-state index contributed by atoms with van der Waals surface area (Å²) in [4.78, 5) is 0. The topological polar surface area (TPSA) is 12.0 Å². The third kappa shape index (κ3) is 3.27. The predicted molar refractivity (Wildman–Crippen MR) is 63.6 cm³/mol. The summed E-state index contributed by atoms with van der Waals surface area (Å²) in [5, 5.41) is 3.71. The summed E-state index contributed by atoms with van der Waals surface area (Å²) in [5.74, 6) is 0. The van der Waals surface area contributed by atoms with Crippen LogP contribution in [0.2, 0.25) is 0 Å². The minimum Gasteiger partial charge on any atom is -0.314 e. The number of rotatable bonds is 7. The normalized spacial score (nSPS) is 21.6. The van der Waals surface area contributed by atoms with E-state index in [2.05, 4.69) is 26.1 Å². The number of nitrogens with one attached hydrogen (secondary N) is 1. The molecule has 0 heterocycles. The molecule has 1 aliphatic rings. The minimum atomic E-state index is 0.681. The molecule has 1 fully saturated rings. The largest absolute Gasteiger partial charge is 0.314 e. The van der Waals surface area contributed by atoms with Gasteiger partial charge in [0.25, 0.3) is 0 Å². The molecule has 84 valence electrons. The average Bonchev–Trinajstić information content (AvgIpc) is 2.14. The molecule has 0 aromatic heterocycles. The highest BCUT2D eigenvalue weighted by atomic mass is 14.9. The van der Waals surface area contributed by atoms with E-state index < -0.39 is 0 Å². The lowest BCUT2D eigenvalue weighted by Crippen LogP contribution is -2.42. The Kier molecular flexibility index (Phi) is 4.94. The highest BCUT2D eigenvalue weighted by Gasteiger charge is 2.34. The van der Waals surface area contributed by atoms with Crippen LogP contribution in [0.15, 0.2) is 0 Å². The fraction of sp³-hybridized carbons (Fsp3) is 1.00. The lowest BCUT2D eigenvalue weighted by molar-refractivity contribution is 0.119.